The molecule has 3 heteroatoms. The molecule has 2 aromatic rings. The first-order valence-electron chi connectivity index (χ1n) is 6.29. The Balaban J connectivity index is 1.70. The van der Waals surface area contributed by atoms with E-state index in [1.165, 1.54) is 5.56 Å². The zero-order chi connectivity index (χ0) is 12.8. The molecular weight excluding hydrogens is 224 g/mol. The van der Waals surface area contributed by atoms with Gasteiger partial charge in [-0.15, -0.1) is 0 Å². The SMILES string of the molecule is Cc1ccc(CNC[C@H](N)Cc2ccccc2)o1. The molecule has 0 spiro atoms. The van der Waals surface area contributed by atoms with Gasteiger partial charge in [0.05, 0.1) is 6.54 Å². The fourth-order valence-electron chi connectivity index (χ4n) is 1.95. The Hall–Kier alpha value is -1.58. The van der Waals surface area contributed by atoms with Gasteiger partial charge in [-0.2, -0.15) is 0 Å². The van der Waals surface area contributed by atoms with Crippen LogP contribution >= 0.6 is 0 Å². The Morgan fingerprint density at radius 3 is 2.61 bits per heavy atom. The van der Waals surface area contributed by atoms with Crippen molar-refractivity contribution in [1.29, 1.82) is 0 Å². The van der Waals surface area contributed by atoms with E-state index in [9.17, 15) is 0 Å². The number of aryl methyl sites for hydroxylation is 1. The van der Waals surface area contributed by atoms with E-state index in [0.717, 1.165) is 31.0 Å². The largest absolute Gasteiger partial charge is 0.465 e. The molecule has 96 valence electrons. The summed E-state index contributed by atoms with van der Waals surface area (Å²) in [5, 5.41) is 3.32. The van der Waals surface area contributed by atoms with Gasteiger partial charge in [-0.3, -0.25) is 0 Å². The molecule has 1 atom stereocenters. The number of benzene rings is 1. The highest BCUT2D eigenvalue weighted by Gasteiger charge is 2.04. The molecule has 0 aliphatic heterocycles. The average Bonchev–Trinajstić information content (AvgIpc) is 2.76. The van der Waals surface area contributed by atoms with E-state index in [-0.39, 0.29) is 6.04 Å². The first-order valence-corrected chi connectivity index (χ1v) is 6.29. The zero-order valence-corrected chi connectivity index (χ0v) is 10.7. The van der Waals surface area contributed by atoms with E-state index >= 15 is 0 Å². The second-order valence-corrected chi connectivity index (χ2v) is 4.59. The molecule has 1 heterocycles. The van der Waals surface area contributed by atoms with Gasteiger partial charge >= 0.3 is 0 Å². The van der Waals surface area contributed by atoms with Gasteiger partial charge in [0.2, 0.25) is 0 Å². The quantitative estimate of drug-likeness (QED) is 0.819. The molecule has 1 aromatic carbocycles. The Morgan fingerprint density at radius 2 is 1.94 bits per heavy atom. The highest BCUT2D eigenvalue weighted by molar-refractivity contribution is 5.15. The van der Waals surface area contributed by atoms with E-state index in [1.807, 2.05) is 37.3 Å². The lowest BCUT2D eigenvalue weighted by atomic mass is 10.1. The van der Waals surface area contributed by atoms with Gasteiger partial charge in [0, 0.05) is 12.6 Å². The summed E-state index contributed by atoms with van der Waals surface area (Å²) in [5.74, 6) is 1.90. The van der Waals surface area contributed by atoms with Crippen LogP contribution in [-0.2, 0) is 13.0 Å². The number of hydrogen-bond donors (Lipinski definition) is 2. The fraction of sp³-hybridized carbons (Fsp3) is 0.333. The van der Waals surface area contributed by atoms with Gasteiger partial charge in [0.1, 0.15) is 11.5 Å². The van der Waals surface area contributed by atoms with E-state index in [2.05, 4.69) is 17.4 Å². The van der Waals surface area contributed by atoms with Gasteiger partial charge in [0.25, 0.3) is 0 Å². The summed E-state index contributed by atoms with van der Waals surface area (Å²) in [6.07, 6.45) is 0.894. The highest BCUT2D eigenvalue weighted by Crippen LogP contribution is 2.05. The van der Waals surface area contributed by atoms with Crippen LogP contribution in [0, 0.1) is 6.92 Å². The zero-order valence-electron chi connectivity index (χ0n) is 10.7. The lowest BCUT2D eigenvalue weighted by molar-refractivity contribution is 0.453. The predicted octanol–water partition coefficient (Wildman–Crippen LogP) is 2.25. The summed E-state index contributed by atoms with van der Waals surface area (Å²) in [6.45, 7) is 3.47. The molecule has 1 aromatic heterocycles. The maximum absolute atomic E-state index is 6.08. The van der Waals surface area contributed by atoms with E-state index < -0.39 is 0 Å². The second kappa shape index (κ2) is 6.38. The van der Waals surface area contributed by atoms with Crippen LogP contribution in [0.25, 0.3) is 0 Å². The molecule has 3 N–H and O–H groups in total. The van der Waals surface area contributed by atoms with Crippen LogP contribution in [0.2, 0.25) is 0 Å². The third kappa shape index (κ3) is 4.02. The van der Waals surface area contributed by atoms with Crippen molar-refractivity contribution in [2.75, 3.05) is 6.54 Å². The summed E-state index contributed by atoms with van der Waals surface area (Å²) in [6, 6.07) is 14.4. The van der Waals surface area contributed by atoms with Crippen molar-refractivity contribution in [3.05, 3.63) is 59.5 Å². The van der Waals surface area contributed by atoms with Crippen molar-refractivity contribution in [3.8, 4) is 0 Å². The van der Waals surface area contributed by atoms with E-state index in [4.69, 9.17) is 10.2 Å². The van der Waals surface area contributed by atoms with E-state index in [0.29, 0.717) is 0 Å². The minimum absolute atomic E-state index is 0.128. The summed E-state index contributed by atoms with van der Waals surface area (Å²) >= 11 is 0. The fourth-order valence-corrected chi connectivity index (χ4v) is 1.95. The third-order valence-electron chi connectivity index (χ3n) is 2.84. The Bertz CT molecular complexity index is 464. The number of hydrogen-bond acceptors (Lipinski definition) is 3. The number of nitrogens with one attached hydrogen (secondary N) is 1. The summed E-state index contributed by atoms with van der Waals surface area (Å²) in [7, 11) is 0. The van der Waals surface area contributed by atoms with Crippen molar-refractivity contribution in [2.45, 2.75) is 25.9 Å². The topological polar surface area (TPSA) is 51.2 Å². The molecule has 18 heavy (non-hydrogen) atoms. The minimum atomic E-state index is 0.128. The van der Waals surface area contributed by atoms with Crippen molar-refractivity contribution in [1.82, 2.24) is 5.32 Å². The second-order valence-electron chi connectivity index (χ2n) is 4.59. The molecule has 0 radical (unpaired) electrons. The molecule has 0 saturated carbocycles. The normalized spacial score (nSPS) is 12.6. The van der Waals surface area contributed by atoms with Crippen molar-refractivity contribution >= 4 is 0 Å². The highest BCUT2D eigenvalue weighted by atomic mass is 16.3. The number of rotatable bonds is 6. The molecule has 3 nitrogen and oxygen atoms in total. The third-order valence-corrected chi connectivity index (χ3v) is 2.84. The van der Waals surface area contributed by atoms with Crippen molar-refractivity contribution < 1.29 is 4.42 Å². The van der Waals surface area contributed by atoms with Crippen LogP contribution in [0.4, 0.5) is 0 Å². The van der Waals surface area contributed by atoms with Gasteiger partial charge in [-0.1, -0.05) is 30.3 Å². The van der Waals surface area contributed by atoms with Crippen LogP contribution in [-0.4, -0.2) is 12.6 Å². The molecule has 0 bridgehead atoms. The molecule has 0 aliphatic carbocycles. The lowest BCUT2D eigenvalue weighted by Gasteiger charge is -2.12. The number of furan rings is 1. The summed E-state index contributed by atoms with van der Waals surface area (Å²) in [5.41, 5.74) is 7.36. The van der Waals surface area contributed by atoms with Crippen molar-refractivity contribution in [2.24, 2.45) is 5.73 Å². The summed E-state index contributed by atoms with van der Waals surface area (Å²) in [4.78, 5) is 0. The predicted molar refractivity (Wildman–Crippen MR) is 73.3 cm³/mol. The minimum Gasteiger partial charge on any atom is -0.465 e. The van der Waals surface area contributed by atoms with Crippen LogP contribution in [0.1, 0.15) is 17.1 Å². The molecule has 0 fully saturated rings. The van der Waals surface area contributed by atoms with Crippen LogP contribution in [0.15, 0.2) is 46.9 Å². The van der Waals surface area contributed by atoms with Gasteiger partial charge in [0.15, 0.2) is 0 Å². The monoisotopic (exact) mass is 244 g/mol. The molecule has 2 rings (SSSR count). The first kappa shape index (κ1) is 12.9. The van der Waals surface area contributed by atoms with Gasteiger partial charge in [-0.25, -0.2) is 0 Å². The standard InChI is InChI=1S/C15H20N2O/c1-12-7-8-15(18-12)11-17-10-14(16)9-13-5-3-2-4-6-13/h2-8,14,17H,9-11,16H2,1H3/t14-/m1/s1. The van der Waals surface area contributed by atoms with Crippen LogP contribution < -0.4 is 11.1 Å². The summed E-state index contributed by atoms with van der Waals surface area (Å²) < 4.78 is 5.48. The lowest BCUT2D eigenvalue weighted by Crippen LogP contribution is -2.35. The van der Waals surface area contributed by atoms with Gasteiger partial charge < -0.3 is 15.5 Å². The van der Waals surface area contributed by atoms with E-state index in [1.54, 1.807) is 0 Å². The number of nitrogens with two attached hydrogens (primary N) is 1. The maximum atomic E-state index is 6.08. The van der Waals surface area contributed by atoms with Crippen molar-refractivity contribution in [3.63, 3.8) is 0 Å². The first-order chi connectivity index (χ1) is 8.74. The van der Waals surface area contributed by atoms with Crippen LogP contribution in [0.3, 0.4) is 0 Å². The Morgan fingerprint density at radius 1 is 1.17 bits per heavy atom. The Labute approximate surface area is 108 Å². The van der Waals surface area contributed by atoms with Gasteiger partial charge in [-0.05, 0) is 31.0 Å². The maximum Gasteiger partial charge on any atom is 0.117 e. The molecule has 0 unspecified atom stereocenters. The average molecular weight is 244 g/mol. The smallest absolute Gasteiger partial charge is 0.117 e. The van der Waals surface area contributed by atoms with Crippen LogP contribution in [0.5, 0.6) is 0 Å². The molecule has 0 amide bonds. The Kier molecular flexibility index (Phi) is 4.56. The molecule has 0 saturated heterocycles. The molecular formula is C15H20N2O. The molecule has 0 aliphatic rings.